The number of benzene rings is 1. The van der Waals surface area contributed by atoms with Gasteiger partial charge < -0.3 is 5.32 Å². The lowest BCUT2D eigenvalue weighted by molar-refractivity contribution is -0.465. The quantitative estimate of drug-likeness (QED) is 0.505. The van der Waals surface area contributed by atoms with Crippen molar-refractivity contribution in [2.24, 2.45) is 0 Å². The summed E-state index contributed by atoms with van der Waals surface area (Å²) in [7, 11) is 0. The lowest BCUT2D eigenvalue weighted by Crippen LogP contribution is -2.17. The van der Waals surface area contributed by atoms with Crippen molar-refractivity contribution >= 4 is 29.0 Å². The molecule has 1 aromatic carbocycles. The highest BCUT2D eigenvalue weighted by molar-refractivity contribution is 6.31. The van der Waals surface area contributed by atoms with Crippen LogP contribution in [0.15, 0.2) is 18.2 Å². The number of anilines is 1. The van der Waals surface area contributed by atoms with Gasteiger partial charge in [-0.2, -0.15) is 0 Å². The fraction of sp³-hybridized carbons (Fsp3) is 0.200. The molecule has 0 unspecified atom stereocenters. The minimum Gasteiger partial charge on any atom is -0.326 e. The zero-order chi connectivity index (χ0) is 13.0. The average molecular weight is 257 g/mol. The Morgan fingerprint density at radius 1 is 1.47 bits per heavy atom. The van der Waals surface area contributed by atoms with Crippen LogP contribution in [0.25, 0.3) is 0 Å². The first-order valence-corrected chi connectivity index (χ1v) is 5.00. The van der Waals surface area contributed by atoms with Gasteiger partial charge in [0, 0.05) is 22.4 Å². The van der Waals surface area contributed by atoms with Crippen LogP contribution in [-0.2, 0) is 4.79 Å². The van der Waals surface area contributed by atoms with Gasteiger partial charge in [-0.3, -0.25) is 19.7 Å². The molecule has 0 bridgehead atoms. The molecule has 1 amide bonds. The molecule has 0 heterocycles. The number of hydrogen-bond acceptors (Lipinski definition) is 4. The van der Waals surface area contributed by atoms with Crippen molar-refractivity contribution < 1.29 is 14.5 Å². The van der Waals surface area contributed by atoms with E-state index in [0.29, 0.717) is 0 Å². The molecule has 0 aliphatic carbocycles. The third-order valence-corrected chi connectivity index (χ3v) is 2.10. The average Bonchev–Trinajstić information content (AvgIpc) is 2.19. The van der Waals surface area contributed by atoms with E-state index >= 15 is 0 Å². The number of nitrogens with one attached hydrogen (secondary N) is 1. The molecule has 0 aliphatic heterocycles. The first-order chi connectivity index (χ1) is 7.90. The molecule has 0 spiro atoms. The van der Waals surface area contributed by atoms with Gasteiger partial charge in [-0.05, 0) is 18.2 Å². The van der Waals surface area contributed by atoms with Gasteiger partial charge in [0.25, 0.3) is 6.54 Å². The number of Topliss-reactive ketones (excluding diaryl/α,β-unsaturated/α-hetero) is 1. The van der Waals surface area contributed by atoms with Gasteiger partial charge >= 0.3 is 0 Å². The van der Waals surface area contributed by atoms with E-state index in [0.717, 1.165) is 0 Å². The maximum absolute atomic E-state index is 11.6. The number of carbonyl (C=O) groups excluding carboxylic acids is 2. The van der Waals surface area contributed by atoms with Crippen LogP contribution >= 0.6 is 11.6 Å². The normalized spacial score (nSPS) is 9.76. The fourth-order valence-corrected chi connectivity index (χ4v) is 1.42. The maximum atomic E-state index is 11.6. The smallest absolute Gasteiger partial charge is 0.265 e. The van der Waals surface area contributed by atoms with E-state index in [-0.39, 0.29) is 22.2 Å². The third-order valence-electron chi connectivity index (χ3n) is 1.87. The molecule has 0 aromatic heterocycles. The van der Waals surface area contributed by atoms with E-state index in [1.807, 2.05) is 0 Å². The van der Waals surface area contributed by atoms with Crippen LogP contribution in [0.4, 0.5) is 5.69 Å². The predicted molar refractivity (Wildman–Crippen MR) is 61.9 cm³/mol. The molecule has 0 atom stereocenters. The highest BCUT2D eigenvalue weighted by Crippen LogP contribution is 2.21. The van der Waals surface area contributed by atoms with Crippen molar-refractivity contribution in [1.29, 1.82) is 0 Å². The number of nitrogens with zero attached hydrogens (tertiary/aromatic N) is 1. The SMILES string of the molecule is CC(=O)Nc1ccc(Cl)cc1C(=O)C[N+](=O)[O-]. The second kappa shape index (κ2) is 5.40. The maximum Gasteiger partial charge on any atom is 0.265 e. The van der Waals surface area contributed by atoms with E-state index in [2.05, 4.69) is 5.32 Å². The zero-order valence-electron chi connectivity index (χ0n) is 8.90. The van der Waals surface area contributed by atoms with Crippen LogP contribution < -0.4 is 5.32 Å². The van der Waals surface area contributed by atoms with E-state index < -0.39 is 17.3 Å². The third kappa shape index (κ3) is 3.84. The van der Waals surface area contributed by atoms with Crippen molar-refractivity contribution in [1.82, 2.24) is 0 Å². The van der Waals surface area contributed by atoms with Crippen LogP contribution in [0.3, 0.4) is 0 Å². The molecule has 0 aliphatic rings. The lowest BCUT2D eigenvalue weighted by atomic mass is 10.1. The Labute approximate surface area is 102 Å². The molecule has 6 nitrogen and oxygen atoms in total. The van der Waals surface area contributed by atoms with Gasteiger partial charge in [0.15, 0.2) is 0 Å². The number of ketones is 1. The minimum absolute atomic E-state index is 0.0319. The summed E-state index contributed by atoms with van der Waals surface area (Å²) in [4.78, 5) is 32.0. The molecule has 1 aromatic rings. The molecule has 0 saturated carbocycles. The van der Waals surface area contributed by atoms with Crippen LogP contribution in [0.1, 0.15) is 17.3 Å². The Morgan fingerprint density at radius 3 is 2.65 bits per heavy atom. The largest absolute Gasteiger partial charge is 0.326 e. The van der Waals surface area contributed by atoms with Crippen LogP contribution in [-0.4, -0.2) is 23.2 Å². The number of halogens is 1. The van der Waals surface area contributed by atoms with Gasteiger partial charge in [0.1, 0.15) is 0 Å². The molecule has 1 rings (SSSR count). The van der Waals surface area contributed by atoms with Crippen molar-refractivity contribution in [3.8, 4) is 0 Å². The Bertz CT molecular complexity index is 487. The zero-order valence-corrected chi connectivity index (χ0v) is 9.65. The van der Waals surface area contributed by atoms with Crippen molar-refractivity contribution in [3.63, 3.8) is 0 Å². The van der Waals surface area contributed by atoms with Crippen molar-refractivity contribution in [3.05, 3.63) is 38.9 Å². The first-order valence-electron chi connectivity index (χ1n) is 4.62. The second-order valence-corrected chi connectivity index (χ2v) is 3.72. The monoisotopic (exact) mass is 256 g/mol. The van der Waals surface area contributed by atoms with Gasteiger partial charge in [-0.1, -0.05) is 11.6 Å². The number of carbonyl (C=O) groups is 2. The van der Waals surface area contributed by atoms with E-state index in [1.165, 1.54) is 25.1 Å². The first kappa shape index (κ1) is 13.1. The topological polar surface area (TPSA) is 89.3 Å². The number of rotatable bonds is 4. The Balaban J connectivity index is 3.10. The number of nitro groups is 1. The van der Waals surface area contributed by atoms with Gasteiger partial charge in [0.2, 0.25) is 11.7 Å². The summed E-state index contributed by atoms with van der Waals surface area (Å²) in [5.41, 5.74) is 0.248. The number of hydrogen-bond donors (Lipinski definition) is 1. The van der Waals surface area contributed by atoms with E-state index in [1.54, 1.807) is 0 Å². The molecule has 0 radical (unpaired) electrons. The van der Waals surface area contributed by atoms with Crippen LogP contribution in [0.5, 0.6) is 0 Å². The standard InChI is InChI=1S/C10H9ClN2O4/c1-6(14)12-9-3-2-7(11)4-8(9)10(15)5-13(16)17/h2-4H,5H2,1H3,(H,12,14). The Morgan fingerprint density at radius 2 is 2.12 bits per heavy atom. The Kier molecular flexibility index (Phi) is 4.17. The summed E-state index contributed by atoms with van der Waals surface area (Å²) >= 11 is 5.70. The Hall–Kier alpha value is -1.95. The fourth-order valence-electron chi connectivity index (χ4n) is 1.25. The molecular formula is C10H9ClN2O4. The summed E-state index contributed by atoms with van der Waals surface area (Å²) in [6, 6.07) is 4.20. The minimum atomic E-state index is -0.840. The van der Waals surface area contributed by atoms with E-state index in [9.17, 15) is 19.7 Å². The van der Waals surface area contributed by atoms with E-state index in [4.69, 9.17) is 11.6 Å². The summed E-state index contributed by atoms with van der Waals surface area (Å²) in [6.07, 6.45) is 0. The lowest BCUT2D eigenvalue weighted by Gasteiger charge is -2.07. The van der Waals surface area contributed by atoms with Crippen LogP contribution in [0, 0.1) is 10.1 Å². The summed E-state index contributed by atoms with van der Waals surface area (Å²) in [5.74, 6) is -1.08. The molecule has 0 fully saturated rings. The predicted octanol–water partition coefficient (Wildman–Crippen LogP) is 1.76. The van der Waals surface area contributed by atoms with Gasteiger partial charge in [-0.15, -0.1) is 0 Å². The van der Waals surface area contributed by atoms with Crippen molar-refractivity contribution in [2.75, 3.05) is 11.9 Å². The summed E-state index contributed by atoms with van der Waals surface area (Å²) < 4.78 is 0. The molecule has 17 heavy (non-hydrogen) atoms. The van der Waals surface area contributed by atoms with Gasteiger partial charge in [0.05, 0.1) is 5.69 Å². The molecule has 1 N–H and O–H groups in total. The number of amides is 1. The summed E-state index contributed by atoms with van der Waals surface area (Å²) in [6.45, 7) is 0.434. The molecular weight excluding hydrogens is 248 g/mol. The molecule has 7 heteroatoms. The second-order valence-electron chi connectivity index (χ2n) is 3.29. The van der Waals surface area contributed by atoms with Crippen LogP contribution in [0.2, 0.25) is 5.02 Å². The highest BCUT2D eigenvalue weighted by Gasteiger charge is 2.17. The molecule has 90 valence electrons. The highest BCUT2D eigenvalue weighted by atomic mass is 35.5. The van der Waals surface area contributed by atoms with Gasteiger partial charge in [-0.25, -0.2) is 0 Å². The van der Waals surface area contributed by atoms with Crippen molar-refractivity contribution in [2.45, 2.75) is 6.92 Å². The molecule has 0 saturated heterocycles. The summed E-state index contributed by atoms with van der Waals surface area (Å²) in [5, 5.41) is 12.9.